The molecule has 2 heterocycles. The third-order valence-electron chi connectivity index (χ3n) is 4.44. The van der Waals surface area contributed by atoms with Crippen molar-refractivity contribution in [1.82, 2.24) is 15.1 Å². The zero-order valence-electron chi connectivity index (χ0n) is 12.8. The van der Waals surface area contributed by atoms with E-state index >= 15 is 0 Å². The van der Waals surface area contributed by atoms with Crippen LogP contribution in [0.1, 0.15) is 39.5 Å². The number of carbonyl (C=O) groups is 1. The molecule has 2 atom stereocenters. The largest absolute Gasteiger partial charge is 0.394 e. The van der Waals surface area contributed by atoms with Crippen LogP contribution < -0.4 is 5.32 Å². The lowest BCUT2D eigenvalue weighted by Crippen LogP contribution is -2.48. The minimum Gasteiger partial charge on any atom is -0.394 e. The van der Waals surface area contributed by atoms with Crippen LogP contribution in [0.5, 0.6) is 0 Å². The Morgan fingerprint density at radius 2 is 1.95 bits per heavy atom. The van der Waals surface area contributed by atoms with E-state index in [9.17, 15) is 9.90 Å². The average Bonchev–Trinajstić information content (AvgIpc) is 3.03. The van der Waals surface area contributed by atoms with Crippen molar-refractivity contribution in [1.29, 1.82) is 0 Å². The fourth-order valence-corrected chi connectivity index (χ4v) is 3.44. The van der Waals surface area contributed by atoms with E-state index in [4.69, 9.17) is 0 Å². The predicted molar refractivity (Wildman–Crippen MR) is 79.6 cm³/mol. The van der Waals surface area contributed by atoms with Crippen molar-refractivity contribution in [3.05, 3.63) is 0 Å². The van der Waals surface area contributed by atoms with Crippen LogP contribution in [-0.2, 0) is 0 Å². The van der Waals surface area contributed by atoms with Crippen LogP contribution in [0.15, 0.2) is 0 Å². The summed E-state index contributed by atoms with van der Waals surface area (Å²) in [6.07, 6.45) is 4.33. The Bertz CT molecular complexity index is 322. The van der Waals surface area contributed by atoms with Gasteiger partial charge in [-0.25, -0.2) is 4.79 Å². The molecule has 2 rings (SSSR count). The molecule has 2 saturated heterocycles. The summed E-state index contributed by atoms with van der Waals surface area (Å²) in [6, 6.07) is 0.500. The maximum Gasteiger partial charge on any atom is 0.317 e. The van der Waals surface area contributed by atoms with Gasteiger partial charge in [0.1, 0.15) is 0 Å². The molecule has 2 N–H and O–H groups in total. The normalized spacial score (nSPS) is 27.5. The standard InChI is InChI=1S/C15H29N3O2/c1-12(2)10-17-7-3-5-13(17)9-16-15(20)18-8-4-6-14(18)11-19/h12-14,19H,3-11H2,1-2H3,(H,16,20)/t13-,14-/m0/s1. The van der Waals surface area contributed by atoms with Gasteiger partial charge in [-0.05, 0) is 38.1 Å². The van der Waals surface area contributed by atoms with Crippen molar-refractivity contribution in [3.63, 3.8) is 0 Å². The highest BCUT2D eigenvalue weighted by Crippen LogP contribution is 2.19. The van der Waals surface area contributed by atoms with Crippen LogP contribution in [0.4, 0.5) is 4.79 Å². The molecule has 0 unspecified atom stereocenters. The van der Waals surface area contributed by atoms with Crippen LogP contribution in [0, 0.1) is 5.92 Å². The van der Waals surface area contributed by atoms with Crippen molar-refractivity contribution < 1.29 is 9.90 Å². The molecule has 0 spiro atoms. The van der Waals surface area contributed by atoms with Gasteiger partial charge in [0.15, 0.2) is 0 Å². The number of nitrogens with one attached hydrogen (secondary N) is 1. The molecule has 0 bridgehead atoms. The van der Waals surface area contributed by atoms with Crippen molar-refractivity contribution in [2.45, 2.75) is 51.6 Å². The third-order valence-corrected chi connectivity index (χ3v) is 4.44. The number of likely N-dealkylation sites (tertiary alicyclic amines) is 2. The van der Waals surface area contributed by atoms with E-state index < -0.39 is 0 Å². The highest BCUT2D eigenvalue weighted by atomic mass is 16.3. The second-order valence-corrected chi connectivity index (χ2v) is 6.54. The van der Waals surface area contributed by atoms with E-state index in [1.807, 2.05) is 0 Å². The first-order valence-corrected chi connectivity index (χ1v) is 8.01. The molecule has 116 valence electrons. The van der Waals surface area contributed by atoms with Crippen LogP contribution in [0.3, 0.4) is 0 Å². The monoisotopic (exact) mass is 283 g/mol. The first-order chi connectivity index (χ1) is 9.61. The number of hydrogen-bond acceptors (Lipinski definition) is 3. The lowest BCUT2D eigenvalue weighted by atomic mass is 10.1. The first kappa shape index (κ1) is 15.6. The van der Waals surface area contributed by atoms with Gasteiger partial charge in [-0.1, -0.05) is 13.8 Å². The zero-order valence-corrected chi connectivity index (χ0v) is 12.8. The molecule has 2 fully saturated rings. The van der Waals surface area contributed by atoms with E-state index in [0.29, 0.717) is 12.0 Å². The summed E-state index contributed by atoms with van der Waals surface area (Å²) >= 11 is 0. The molecule has 0 saturated carbocycles. The van der Waals surface area contributed by atoms with E-state index in [1.165, 1.54) is 12.8 Å². The molecule has 0 aromatic rings. The molecule has 2 aliphatic heterocycles. The quantitative estimate of drug-likeness (QED) is 0.799. The van der Waals surface area contributed by atoms with Gasteiger partial charge in [0.2, 0.25) is 0 Å². The van der Waals surface area contributed by atoms with E-state index in [-0.39, 0.29) is 18.7 Å². The Morgan fingerprint density at radius 1 is 1.25 bits per heavy atom. The van der Waals surface area contributed by atoms with E-state index in [0.717, 1.165) is 39.0 Å². The maximum atomic E-state index is 12.2. The number of aliphatic hydroxyl groups is 1. The SMILES string of the molecule is CC(C)CN1CCC[C@H]1CNC(=O)N1CCC[C@H]1CO. The minimum atomic E-state index is -0.00190. The van der Waals surface area contributed by atoms with E-state index in [2.05, 4.69) is 24.1 Å². The van der Waals surface area contributed by atoms with Crippen molar-refractivity contribution in [3.8, 4) is 0 Å². The fraction of sp³-hybridized carbons (Fsp3) is 0.933. The second-order valence-electron chi connectivity index (χ2n) is 6.54. The molecule has 5 heteroatoms. The summed E-state index contributed by atoms with van der Waals surface area (Å²) in [5.41, 5.74) is 0. The number of hydrogen-bond donors (Lipinski definition) is 2. The highest BCUT2D eigenvalue weighted by Gasteiger charge is 2.30. The van der Waals surface area contributed by atoms with Crippen molar-refractivity contribution in [2.24, 2.45) is 5.92 Å². The van der Waals surface area contributed by atoms with Gasteiger partial charge in [0, 0.05) is 25.7 Å². The molecular formula is C15H29N3O2. The Hall–Kier alpha value is -0.810. The summed E-state index contributed by atoms with van der Waals surface area (Å²) < 4.78 is 0. The van der Waals surface area contributed by atoms with Gasteiger partial charge in [0.25, 0.3) is 0 Å². The number of urea groups is 1. The summed E-state index contributed by atoms with van der Waals surface area (Å²) in [7, 11) is 0. The smallest absolute Gasteiger partial charge is 0.317 e. The Morgan fingerprint density at radius 3 is 2.65 bits per heavy atom. The first-order valence-electron chi connectivity index (χ1n) is 8.01. The lowest BCUT2D eigenvalue weighted by Gasteiger charge is -2.28. The highest BCUT2D eigenvalue weighted by molar-refractivity contribution is 5.74. The topological polar surface area (TPSA) is 55.8 Å². The van der Waals surface area contributed by atoms with E-state index in [1.54, 1.807) is 4.90 Å². The van der Waals surface area contributed by atoms with Gasteiger partial charge >= 0.3 is 6.03 Å². The molecule has 0 aliphatic carbocycles. The Labute approximate surface area is 122 Å². The molecule has 5 nitrogen and oxygen atoms in total. The molecule has 0 aromatic carbocycles. The zero-order chi connectivity index (χ0) is 14.5. The molecule has 20 heavy (non-hydrogen) atoms. The summed E-state index contributed by atoms with van der Waals surface area (Å²) in [6.45, 7) is 8.34. The van der Waals surface area contributed by atoms with Crippen LogP contribution >= 0.6 is 0 Å². The minimum absolute atomic E-state index is 0.00190. The third kappa shape index (κ3) is 3.85. The summed E-state index contributed by atoms with van der Waals surface area (Å²) in [4.78, 5) is 16.5. The fourth-order valence-electron chi connectivity index (χ4n) is 3.44. The molecular weight excluding hydrogens is 254 g/mol. The van der Waals surface area contributed by atoms with Crippen LogP contribution in [-0.4, -0.2) is 65.8 Å². The van der Waals surface area contributed by atoms with Crippen LogP contribution in [0.25, 0.3) is 0 Å². The number of nitrogens with zero attached hydrogens (tertiary/aromatic N) is 2. The number of amides is 2. The number of rotatable bonds is 5. The Balaban J connectivity index is 1.77. The average molecular weight is 283 g/mol. The van der Waals surface area contributed by atoms with Gasteiger partial charge in [0.05, 0.1) is 12.6 Å². The van der Waals surface area contributed by atoms with Gasteiger partial charge in [-0.3, -0.25) is 4.90 Å². The van der Waals surface area contributed by atoms with Gasteiger partial charge in [-0.2, -0.15) is 0 Å². The molecule has 0 aromatic heterocycles. The van der Waals surface area contributed by atoms with Gasteiger partial charge in [-0.15, -0.1) is 0 Å². The Kier molecular flexibility index (Phi) is 5.66. The number of aliphatic hydroxyl groups excluding tert-OH is 1. The summed E-state index contributed by atoms with van der Waals surface area (Å²) in [5, 5.41) is 12.3. The van der Waals surface area contributed by atoms with Crippen molar-refractivity contribution in [2.75, 3.05) is 32.8 Å². The second kappa shape index (κ2) is 7.27. The summed E-state index contributed by atoms with van der Waals surface area (Å²) in [5.74, 6) is 0.670. The van der Waals surface area contributed by atoms with Crippen molar-refractivity contribution >= 4 is 6.03 Å². The number of carbonyl (C=O) groups excluding carboxylic acids is 1. The van der Waals surface area contributed by atoms with Gasteiger partial charge < -0.3 is 15.3 Å². The molecule has 2 aliphatic rings. The molecule has 2 amide bonds. The molecule has 0 radical (unpaired) electrons. The predicted octanol–water partition coefficient (Wildman–Crippen LogP) is 1.27. The van der Waals surface area contributed by atoms with Crippen LogP contribution in [0.2, 0.25) is 0 Å². The maximum absolute atomic E-state index is 12.2. The lowest BCUT2D eigenvalue weighted by molar-refractivity contribution is 0.153.